The summed E-state index contributed by atoms with van der Waals surface area (Å²) in [7, 11) is 0. The largest absolute Gasteiger partial charge is 1.00 e. The van der Waals surface area contributed by atoms with Gasteiger partial charge >= 0.3 is 0 Å². The molecule has 3 nitrogen and oxygen atoms in total. The Kier molecular flexibility index (Phi) is 6.78. The first-order valence-electron chi connectivity index (χ1n) is 8.49. The fraction of sp³-hybridized carbons (Fsp3) is 0.200. The summed E-state index contributed by atoms with van der Waals surface area (Å²) < 4.78 is 4.23. The maximum atomic E-state index is 12.8. The van der Waals surface area contributed by atoms with Crippen molar-refractivity contribution in [3.05, 3.63) is 74.1 Å². The molecule has 0 bridgehead atoms. The van der Waals surface area contributed by atoms with Crippen molar-refractivity contribution in [1.29, 1.82) is 0 Å². The van der Waals surface area contributed by atoms with Gasteiger partial charge < -0.3 is 17.0 Å². The number of nitrogens with zero attached hydrogens (tertiary/aromatic N) is 2. The highest BCUT2D eigenvalue weighted by Crippen LogP contribution is 2.30. The van der Waals surface area contributed by atoms with Crippen LogP contribution in [0.15, 0.2) is 42.6 Å². The maximum absolute atomic E-state index is 12.8. The van der Waals surface area contributed by atoms with Crippen LogP contribution in [0.1, 0.15) is 22.6 Å². The quantitative estimate of drug-likeness (QED) is 0.384. The van der Waals surface area contributed by atoms with E-state index in [1.165, 1.54) is 0 Å². The molecule has 0 fully saturated rings. The van der Waals surface area contributed by atoms with Gasteiger partial charge in [0.25, 0.3) is 5.82 Å². The highest BCUT2D eigenvalue weighted by atomic mass is 79.9. The molecular weight excluding hydrogens is 506 g/mol. The Morgan fingerprint density at radius 2 is 1.79 bits per heavy atom. The molecule has 1 aromatic heterocycles. The Morgan fingerprint density at radius 1 is 1.00 bits per heavy atom. The minimum atomic E-state index is -0.0531. The van der Waals surface area contributed by atoms with Gasteiger partial charge in [0.1, 0.15) is 6.20 Å². The van der Waals surface area contributed by atoms with Crippen LogP contribution < -0.4 is 21.5 Å². The van der Waals surface area contributed by atoms with Gasteiger partial charge in [0.05, 0.1) is 28.0 Å². The van der Waals surface area contributed by atoms with Crippen molar-refractivity contribution in [2.75, 3.05) is 0 Å². The summed E-state index contributed by atoms with van der Waals surface area (Å²) in [5, 5.41) is 1.91. The lowest BCUT2D eigenvalue weighted by Crippen LogP contribution is -3.00. The fourth-order valence-corrected chi connectivity index (χ4v) is 4.30. The van der Waals surface area contributed by atoms with Crippen LogP contribution in [0.5, 0.6) is 0 Å². The molecule has 2 heterocycles. The predicted molar refractivity (Wildman–Crippen MR) is 109 cm³/mol. The van der Waals surface area contributed by atoms with Gasteiger partial charge in [0, 0.05) is 16.1 Å². The van der Waals surface area contributed by atoms with Crippen LogP contribution in [0.3, 0.4) is 0 Å². The summed E-state index contributed by atoms with van der Waals surface area (Å²) >= 11 is 24.4. The molecule has 146 valence electrons. The number of rotatable bonds is 4. The fourth-order valence-electron chi connectivity index (χ4n) is 3.49. The van der Waals surface area contributed by atoms with Gasteiger partial charge in [0.2, 0.25) is 5.78 Å². The zero-order chi connectivity index (χ0) is 19.1. The van der Waals surface area contributed by atoms with Crippen LogP contribution in [0, 0.1) is 0 Å². The molecule has 0 atom stereocenters. The van der Waals surface area contributed by atoms with Crippen LogP contribution in [-0.2, 0) is 19.5 Å². The summed E-state index contributed by atoms with van der Waals surface area (Å²) in [5.74, 6) is 1.07. The Morgan fingerprint density at radius 3 is 2.50 bits per heavy atom. The van der Waals surface area contributed by atoms with E-state index >= 15 is 0 Å². The van der Waals surface area contributed by atoms with Crippen molar-refractivity contribution in [2.45, 2.75) is 25.9 Å². The lowest BCUT2D eigenvalue weighted by Gasteiger charge is -2.03. The molecule has 0 spiro atoms. The summed E-state index contributed by atoms with van der Waals surface area (Å²) in [6, 6.07) is 10.5. The first kappa shape index (κ1) is 21.7. The summed E-state index contributed by atoms with van der Waals surface area (Å²) in [6.07, 6.45) is 3.96. The summed E-state index contributed by atoms with van der Waals surface area (Å²) in [6.45, 7) is 1.13. The second-order valence-electron chi connectivity index (χ2n) is 6.49. The smallest absolute Gasteiger partial charge is 0.257 e. The number of fused-ring (bicyclic) bond motifs is 1. The zero-order valence-electron chi connectivity index (χ0n) is 14.6. The van der Waals surface area contributed by atoms with E-state index in [9.17, 15) is 4.79 Å². The number of aromatic nitrogens is 2. The van der Waals surface area contributed by atoms with Crippen molar-refractivity contribution in [3.63, 3.8) is 0 Å². The molecule has 8 heteroatoms. The summed E-state index contributed by atoms with van der Waals surface area (Å²) in [5.41, 5.74) is 2.47. The van der Waals surface area contributed by atoms with Gasteiger partial charge in [-0.25, -0.2) is 9.13 Å². The van der Waals surface area contributed by atoms with Crippen molar-refractivity contribution in [2.24, 2.45) is 0 Å². The van der Waals surface area contributed by atoms with E-state index in [2.05, 4.69) is 4.57 Å². The molecule has 0 radical (unpaired) electrons. The number of benzene rings is 2. The van der Waals surface area contributed by atoms with Crippen LogP contribution in [-0.4, -0.2) is 10.4 Å². The summed E-state index contributed by atoms with van der Waals surface area (Å²) in [4.78, 5) is 12.8. The van der Waals surface area contributed by atoms with Gasteiger partial charge in [-0.2, -0.15) is 0 Å². The van der Waals surface area contributed by atoms with Gasteiger partial charge in [-0.1, -0.05) is 46.4 Å². The van der Waals surface area contributed by atoms with Crippen molar-refractivity contribution < 1.29 is 26.3 Å². The Balaban J connectivity index is 0.00000225. The minimum Gasteiger partial charge on any atom is -1.00 e. The van der Waals surface area contributed by atoms with E-state index in [4.69, 9.17) is 46.4 Å². The maximum Gasteiger partial charge on any atom is 0.257 e. The third kappa shape index (κ3) is 4.12. The lowest BCUT2D eigenvalue weighted by molar-refractivity contribution is -0.689. The van der Waals surface area contributed by atoms with Crippen molar-refractivity contribution in [1.82, 2.24) is 4.57 Å². The number of carbonyl (C=O) groups is 1. The molecule has 28 heavy (non-hydrogen) atoms. The molecule has 0 saturated carbocycles. The normalized spacial score (nSPS) is 12.6. The third-order valence-corrected chi connectivity index (χ3v) is 6.04. The third-order valence-electron chi connectivity index (χ3n) is 4.75. The number of hydrogen-bond donors (Lipinski definition) is 0. The second kappa shape index (κ2) is 8.76. The van der Waals surface area contributed by atoms with E-state index in [-0.39, 0.29) is 29.3 Å². The highest BCUT2D eigenvalue weighted by molar-refractivity contribution is 6.42. The standard InChI is InChI=1S/C20H15Cl4N2O.BrH/c21-13-4-5-14(16(23)9-13)19(27)11-25-10-18(26-7-1-2-20(25)26)12-3-6-15(22)17(24)8-12;/h3-6,8-10H,1-2,7,11H2;1H/q+1;/p-1. The SMILES string of the molecule is O=C(C[n+]1cc(-c2ccc(Cl)c(Cl)c2)n2c1CCC2)c1ccc(Cl)cc1Cl.[Br-]. The molecule has 0 saturated heterocycles. The Labute approximate surface area is 193 Å². The number of Topliss-reactive ketones (excluding diaryl/α,β-unsaturated/α-hetero) is 1. The average molecular weight is 521 g/mol. The van der Waals surface area contributed by atoms with Crippen LogP contribution in [0.25, 0.3) is 11.3 Å². The van der Waals surface area contributed by atoms with Crippen LogP contribution >= 0.6 is 46.4 Å². The van der Waals surface area contributed by atoms with E-state index in [1.807, 2.05) is 22.9 Å². The molecular formula is C20H15BrCl4N2O. The average Bonchev–Trinajstić information content (AvgIpc) is 3.21. The van der Waals surface area contributed by atoms with Crippen LogP contribution in [0.4, 0.5) is 0 Å². The van der Waals surface area contributed by atoms with E-state index < -0.39 is 0 Å². The van der Waals surface area contributed by atoms with Gasteiger partial charge in [-0.15, -0.1) is 0 Å². The van der Waals surface area contributed by atoms with Crippen LogP contribution in [0.2, 0.25) is 20.1 Å². The molecule has 0 unspecified atom stereocenters. The monoisotopic (exact) mass is 518 g/mol. The van der Waals surface area contributed by atoms with Crippen molar-refractivity contribution in [3.8, 4) is 11.3 Å². The molecule has 0 aliphatic carbocycles. The Bertz CT molecular complexity index is 1060. The molecule has 1 aliphatic heterocycles. The molecule has 1 aliphatic rings. The minimum absolute atomic E-state index is 0. The topological polar surface area (TPSA) is 25.9 Å². The van der Waals surface area contributed by atoms with E-state index in [0.29, 0.717) is 25.7 Å². The number of ketones is 1. The van der Waals surface area contributed by atoms with Gasteiger partial charge in [0.15, 0.2) is 12.2 Å². The zero-order valence-corrected chi connectivity index (χ0v) is 19.2. The molecule has 0 amide bonds. The molecule has 4 rings (SSSR count). The second-order valence-corrected chi connectivity index (χ2v) is 8.15. The van der Waals surface area contributed by atoms with Gasteiger partial charge in [-0.05, 0) is 42.8 Å². The van der Waals surface area contributed by atoms with E-state index in [0.717, 1.165) is 36.5 Å². The Hall–Kier alpha value is -1.04. The van der Waals surface area contributed by atoms with Crippen molar-refractivity contribution >= 4 is 52.2 Å². The highest BCUT2D eigenvalue weighted by Gasteiger charge is 2.30. The molecule has 0 N–H and O–H groups in total. The number of carbonyl (C=O) groups excluding carboxylic acids is 1. The number of halogens is 5. The molecule has 2 aromatic carbocycles. The predicted octanol–water partition coefficient (Wildman–Crippen LogP) is 2.89. The first-order chi connectivity index (χ1) is 12.9. The van der Waals surface area contributed by atoms with E-state index in [1.54, 1.807) is 24.3 Å². The number of imidazole rings is 1. The molecule has 3 aromatic rings. The first-order valence-corrected chi connectivity index (χ1v) is 10.0. The van der Waals surface area contributed by atoms with Gasteiger partial charge in [-0.3, -0.25) is 4.79 Å². The lowest BCUT2D eigenvalue weighted by atomic mass is 10.1. The number of hydrogen-bond acceptors (Lipinski definition) is 1.